The number of benzene rings is 1. The van der Waals surface area contributed by atoms with Gasteiger partial charge in [0, 0.05) is 5.39 Å². The van der Waals surface area contributed by atoms with E-state index < -0.39 is 0 Å². The van der Waals surface area contributed by atoms with Crippen molar-refractivity contribution in [2.45, 2.75) is 76.7 Å². The summed E-state index contributed by atoms with van der Waals surface area (Å²) in [5.41, 5.74) is 0.993. The van der Waals surface area contributed by atoms with Crippen molar-refractivity contribution in [2.24, 2.45) is 10.2 Å². The molecule has 0 aliphatic heterocycles. The highest BCUT2D eigenvalue weighted by atomic mass is 15.2. The molecule has 0 spiro atoms. The Balaban J connectivity index is 1.62. The maximum Gasteiger partial charge on any atom is 0.174 e. The molecule has 2 aromatic rings. The number of fused-ring (bicyclic) bond motifs is 1. The number of azo groups is 1. The molecule has 1 aliphatic rings. The highest BCUT2D eigenvalue weighted by Crippen LogP contribution is 2.21. The van der Waals surface area contributed by atoms with Crippen LogP contribution >= 0.6 is 0 Å². The number of aromatic nitrogens is 1. The second-order valence-corrected chi connectivity index (χ2v) is 6.99. The first-order chi connectivity index (χ1) is 11.9. The van der Waals surface area contributed by atoms with Crippen LogP contribution in [0.15, 0.2) is 46.6 Å². The first kappa shape index (κ1) is 17.1. The highest BCUT2D eigenvalue weighted by molar-refractivity contribution is 5.79. The predicted octanol–water partition coefficient (Wildman–Crippen LogP) is 6.99. The molecule has 0 bridgehead atoms. The normalized spacial score (nSPS) is 19.2. The third-order valence-electron chi connectivity index (χ3n) is 4.98. The van der Waals surface area contributed by atoms with Crippen molar-refractivity contribution in [1.29, 1.82) is 0 Å². The summed E-state index contributed by atoms with van der Waals surface area (Å²) in [7, 11) is 0. The highest BCUT2D eigenvalue weighted by Gasteiger charge is 2.08. The van der Waals surface area contributed by atoms with Crippen LogP contribution in [0, 0.1) is 0 Å². The molecule has 1 fully saturated rings. The SMILES string of the molecule is c1ccc2nc(N=NC3CCCCCCCCCCC3)ccc2c1. The Morgan fingerprint density at radius 2 is 1.33 bits per heavy atom. The molecule has 1 aliphatic carbocycles. The van der Waals surface area contributed by atoms with E-state index in [0.29, 0.717) is 6.04 Å². The van der Waals surface area contributed by atoms with E-state index in [1.54, 1.807) is 0 Å². The fourth-order valence-electron chi connectivity index (χ4n) is 3.51. The second-order valence-electron chi connectivity index (χ2n) is 6.99. The molecule has 1 aromatic heterocycles. The van der Waals surface area contributed by atoms with E-state index in [-0.39, 0.29) is 0 Å². The number of rotatable bonds is 2. The fourth-order valence-corrected chi connectivity index (χ4v) is 3.51. The topological polar surface area (TPSA) is 37.6 Å². The Kier molecular flexibility index (Phi) is 6.76. The van der Waals surface area contributed by atoms with E-state index in [4.69, 9.17) is 0 Å². The Bertz CT molecular complexity index is 638. The fraction of sp³-hybridized carbons (Fsp3) is 0.571. The van der Waals surface area contributed by atoms with Crippen molar-refractivity contribution in [2.75, 3.05) is 0 Å². The minimum Gasteiger partial charge on any atom is -0.227 e. The lowest BCUT2D eigenvalue weighted by atomic mass is 9.98. The summed E-state index contributed by atoms with van der Waals surface area (Å²) in [5, 5.41) is 10.3. The van der Waals surface area contributed by atoms with Gasteiger partial charge in [0.25, 0.3) is 0 Å². The Hall–Kier alpha value is -1.77. The van der Waals surface area contributed by atoms with E-state index >= 15 is 0 Å². The van der Waals surface area contributed by atoms with Crippen molar-refractivity contribution >= 4 is 16.7 Å². The molecule has 0 saturated heterocycles. The Morgan fingerprint density at radius 3 is 2.04 bits per heavy atom. The van der Waals surface area contributed by atoms with E-state index in [2.05, 4.69) is 27.3 Å². The molecule has 0 unspecified atom stereocenters. The van der Waals surface area contributed by atoms with Crippen LogP contribution in [-0.4, -0.2) is 11.0 Å². The van der Waals surface area contributed by atoms with Gasteiger partial charge in [-0.2, -0.15) is 5.11 Å². The van der Waals surface area contributed by atoms with Gasteiger partial charge in [0.1, 0.15) is 0 Å². The molecule has 0 amide bonds. The third-order valence-corrected chi connectivity index (χ3v) is 4.98. The van der Waals surface area contributed by atoms with Gasteiger partial charge >= 0.3 is 0 Å². The molecular formula is C21H29N3. The lowest BCUT2D eigenvalue weighted by Crippen LogP contribution is -2.04. The summed E-state index contributed by atoms with van der Waals surface area (Å²) < 4.78 is 0. The maximum atomic E-state index is 4.65. The zero-order valence-electron chi connectivity index (χ0n) is 14.7. The largest absolute Gasteiger partial charge is 0.227 e. The van der Waals surface area contributed by atoms with Crippen LogP contribution < -0.4 is 0 Å². The molecular weight excluding hydrogens is 294 g/mol. The summed E-state index contributed by atoms with van der Waals surface area (Å²) in [4.78, 5) is 4.60. The van der Waals surface area contributed by atoms with Crippen LogP contribution in [0.1, 0.15) is 70.6 Å². The average Bonchev–Trinajstić information content (AvgIpc) is 2.61. The van der Waals surface area contributed by atoms with Gasteiger partial charge in [-0.05, 0) is 31.0 Å². The summed E-state index contributed by atoms with van der Waals surface area (Å²) in [6.07, 6.45) is 14.6. The van der Waals surface area contributed by atoms with E-state index in [1.807, 2.05) is 24.3 Å². The molecule has 1 saturated carbocycles. The van der Waals surface area contributed by atoms with E-state index in [1.165, 1.54) is 70.6 Å². The van der Waals surface area contributed by atoms with Gasteiger partial charge in [-0.25, -0.2) is 4.98 Å². The zero-order chi connectivity index (χ0) is 16.5. The second kappa shape index (κ2) is 9.51. The first-order valence-corrected chi connectivity index (χ1v) is 9.68. The predicted molar refractivity (Wildman–Crippen MR) is 101 cm³/mol. The number of para-hydroxylation sites is 1. The number of pyridine rings is 1. The Labute approximate surface area is 145 Å². The lowest BCUT2D eigenvalue weighted by Gasteiger charge is -2.12. The minimum absolute atomic E-state index is 0.373. The van der Waals surface area contributed by atoms with Crippen molar-refractivity contribution in [3.8, 4) is 0 Å². The molecule has 3 rings (SSSR count). The molecule has 128 valence electrons. The molecule has 3 heteroatoms. The molecule has 24 heavy (non-hydrogen) atoms. The van der Waals surface area contributed by atoms with Crippen LogP contribution in [0.4, 0.5) is 5.82 Å². The molecule has 3 nitrogen and oxygen atoms in total. The van der Waals surface area contributed by atoms with Gasteiger partial charge in [-0.15, -0.1) is 5.11 Å². The first-order valence-electron chi connectivity index (χ1n) is 9.68. The van der Waals surface area contributed by atoms with Gasteiger partial charge in [-0.1, -0.05) is 76.0 Å². The van der Waals surface area contributed by atoms with Crippen molar-refractivity contribution < 1.29 is 0 Å². The smallest absolute Gasteiger partial charge is 0.174 e. The van der Waals surface area contributed by atoms with E-state index in [9.17, 15) is 0 Å². The number of nitrogens with zero attached hydrogens (tertiary/aromatic N) is 3. The van der Waals surface area contributed by atoms with Crippen molar-refractivity contribution in [3.63, 3.8) is 0 Å². The van der Waals surface area contributed by atoms with Crippen molar-refractivity contribution in [1.82, 2.24) is 4.98 Å². The van der Waals surface area contributed by atoms with Crippen molar-refractivity contribution in [3.05, 3.63) is 36.4 Å². The van der Waals surface area contributed by atoms with Crippen LogP contribution in [0.3, 0.4) is 0 Å². The molecule has 0 atom stereocenters. The molecule has 1 heterocycles. The number of hydrogen-bond donors (Lipinski definition) is 0. The summed E-state index contributed by atoms with van der Waals surface area (Å²) >= 11 is 0. The molecule has 1 aromatic carbocycles. The van der Waals surface area contributed by atoms with Crippen LogP contribution in [0.25, 0.3) is 10.9 Å². The van der Waals surface area contributed by atoms with Gasteiger partial charge in [0.2, 0.25) is 0 Å². The zero-order valence-corrected chi connectivity index (χ0v) is 14.7. The summed E-state index contributed by atoms with van der Waals surface area (Å²) in [6, 6.07) is 12.6. The van der Waals surface area contributed by atoms with Gasteiger partial charge in [0.15, 0.2) is 5.82 Å². The summed E-state index contributed by atoms with van der Waals surface area (Å²) in [5.74, 6) is 0.736. The van der Waals surface area contributed by atoms with E-state index in [0.717, 1.165) is 16.7 Å². The quantitative estimate of drug-likeness (QED) is 0.549. The Morgan fingerprint density at radius 1 is 0.708 bits per heavy atom. The van der Waals surface area contributed by atoms with Crippen LogP contribution in [0.5, 0.6) is 0 Å². The van der Waals surface area contributed by atoms with Gasteiger partial charge in [0.05, 0.1) is 11.6 Å². The average molecular weight is 323 g/mol. The standard InChI is InChI=1S/C21H29N3/c1-2-4-6-8-13-19(14-9-7-5-3-1)23-24-21-17-16-18-12-10-11-15-20(18)22-21/h10-12,15-17,19H,1-9,13-14H2. The monoisotopic (exact) mass is 323 g/mol. The summed E-state index contributed by atoms with van der Waals surface area (Å²) in [6.45, 7) is 0. The minimum atomic E-state index is 0.373. The third kappa shape index (κ3) is 5.40. The maximum absolute atomic E-state index is 4.65. The van der Waals surface area contributed by atoms with Crippen LogP contribution in [-0.2, 0) is 0 Å². The van der Waals surface area contributed by atoms with Crippen LogP contribution in [0.2, 0.25) is 0 Å². The lowest BCUT2D eigenvalue weighted by molar-refractivity contribution is 0.458. The van der Waals surface area contributed by atoms with Gasteiger partial charge in [-0.3, -0.25) is 0 Å². The molecule has 0 N–H and O–H groups in total. The van der Waals surface area contributed by atoms with Gasteiger partial charge < -0.3 is 0 Å². The number of hydrogen-bond acceptors (Lipinski definition) is 3. The molecule has 0 radical (unpaired) electrons.